The number of aliphatic hydroxyl groups is 1. The third kappa shape index (κ3) is 7.00. The molecule has 2 atom stereocenters. The molecular formula is C24H38FN3O6. The van der Waals surface area contributed by atoms with Crippen LogP contribution in [0.1, 0.15) is 37.2 Å². The lowest BCUT2D eigenvalue weighted by molar-refractivity contribution is -0.153. The highest BCUT2D eigenvalue weighted by Gasteiger charge is 2.40. The number of ether oxygens (including phenoxy) is 4. The number of nitrogens with one attached hydrogen (secondary N) is 1. The van der Waals surface area contributed by atoms with Crippen LogP contribution in [0.25, 0.3) is 0 Å². The van der Waals surface area contributed by atoms with Crippen molar-refractivity contribution in [3.05, 3.63) is 17.8 Å². The summed E-state index contributed by atoms with van der Waals surface area (Å²) in [7, 11) is 1.69. The molecule has 34 heavy (non-hydrogen) atoms. The molecule has 1 amide bonds. The number of aliphatic hydroxyl groups excluding tert-OH is 1. The number of rotatable bonds is 15. The van der Waals surface area contributed by atoms with Crippen molar-refractivity contribution in [1.82, 2.24) is 10.3 Å². The highest BCUT2D eigenvalue weighted by molar-refractivity contribution is 5.93. The zero-order valence-electron chi connectivity index (χ0n) is 20.4. The summed E-state index contributed by atoms with van der Waals surface area (Å²) in [5, 5.41) is 12.7. The van der Waals surface area contributed by atoms with Crippen LogP contribution in [0.15, 0.2) is 12.1 Å². The summed E-state index contributed by atoms with van der Waals surface area (Å²) in [6.07, 6.45) is 1.29. The number of aromatic nitrogens is 1. The number of carbonyl (C=O) groups is 1. The highest BCUT2D eigenvalue weighted by Crippen LogP contribution is 2.34. The summed E-state index contributed by atoms with van der Waals surface area (Å²) in [5.74, 6) is 0.310. The smallest absolute Gasteiger partial charge is 0.270 e. The molecule has 2 N–H and O–H groups in total. The molecule has 2 aliphatic heterocycles. The monoisotopic (exact) mass is 483 g/mol. The summed E-state index contributed by atoms with van der Waals surface area (Å²) in [6, 6.07) is 3.46. The maximum Gasteiger partial charge on any atom is 0.270 e. The van der Waals surface area contributed by atoms with Gasteiger partial charge in [-0.15, -0.1) is 0 Å². The molecule has 0 aliphatic carbocycles. The molecule has 0 radical (unpaired) electrons. The van der Waals surface area contributed by atoms with E-state index in [1.165, 1.54) is 0 Å². The SMILES string of the molecule is COC1CN(c2ccc(C(=O)N[C@@H](C)CC(C)COCCCF)nc2OCC2(CO)COC2)C1. The van der Waals surface area contributed by atoms with Gasteiger partial charge < -0.3 is 34.3 Å². The van der Waals surface area contributed by atoms with Gasteiger partial charge in [0, 0.05) is 39.5 Å². The lowest BCUT2D eigenvalue weighted by atomic mass is 9.88. The molecular weight excluding hydrogens is 445 g/mol. The molecule has 3 heterocycles. The molecule has 0 bridgehead atoms. The third-order valence-corrected chi connectivity index (χ3v) is 6.22. The average Bonchev–Trinajstić information content (AvgIpc) is 2.76. The van der Waals surface area contributed by atoms with E-state index in [-0.39, 0.29) is 49.6 Å². The Kier molecular flexibility index (Phi) is 9.87. The number of carbonyl (C=O) groups excluding carboxylic acids is 1. The minimum atomic E-state index is -0.432. The Morgan fingerprint density at radius 3 is 2.76 bits per heavy atom. The van der Waals surface area contributed by atoms with Gasteiger partial charge in [0.1, 0.15) is 18.0 Å². The van der Waals surface area contributed by atoms with E-state index in [0.29, 0.717) is 38.7 Å². The summed E-state index contributed by atoms with van der Waals surface area (Å²) < 4.78 is 34.3. The zero-order valence-corrected chi connectivity index (χ0v) is 20.4. The molecule has 3 rings (SSSR count). The summed E-state index contributed by atoms with van der Waals surface area (Å²) >= 11 is 0. The molecule has 2 fully saturated rings. The van der Waals surface area contributed by atoms with Gasteiger partial charge >= 0.3 is 0 Å². The van der Waals surface area contributed by atoms with E-state index in [1.54, 1.807) is 13.2 Å². The third-order valence-electron chi connectivity index (χ3n) is 6.22. The van der Waals surface area contributed by atoms with Gasteiger partial charge in [-0.25, -0.2) is 4.98 Å². The van der Waals surface area contributed by atoms with Gasteiger partial charge in [0.2, 0.25) is 5.88 Å². The van der Waals surface area contributed by atoms with Crippen LogP contribution in [0.3, 0.4) is 0 Å². The molecule has 192 valence electrons. The van der Waals surface area contributed by atoms with E-state index >= 15 is 0 Å². The standard InChI is InChI=1S/C24H38FN3O6/c1-17(12-32-8-4-7-25)9-18(2)26-22(30)20-5-6-21(28-10-19(11-28)31-3)23(27-20)34-16-24(13-29)14-33-15-24/h5-6,17-19,29H,4,7-16H2,1-3H3,(H,26,30)/t17?,18-/m0/s1. The van der Waals surface area contributed by atoms with E-state index < -0.39 is 5.41 Å². The number of amides is 1. The molecule has 1 aromatic rings. The quantitative estimate of drug-likeness (QED) is 0.364. The Morgan fingerprint density at radius 1 is 1.38 bits per heavy atom. The van der Waals surface area contributed by atoms with Crippen LogP contribution in [0, 0.1) is 11.3 Å². The number of pyridine rings is 1. The first-order valence-corrected chi connectivity index (χ1v) is 11.9. The van der Waals surface area contributed by atoms with Crippen molar-refractivity contribution in [2.75, 3.05) is 71.4 Å². The molecule has 2 saturated heterocycles. The normalized spacial score (nSPS) is 19.1. The van der Waals surface area contributed by atoms with Crippen LogP contribution in [0.5, 0.6) is 5.88 Å². The Balaban J connectivity index is 1.61. The first kappa shape index (κ1) is 26.6. The number of halogens is 1. The Hall–Kier alpha value is -2.01. The Morgan fingerprint density at radius 2 is 2.15 bits per heavy atom. The average molecular weight is 484 g/mol. The number of methoxy groups -OCH3 is 1. The van der Waals surface area contributed by atoms with Crippen LogP contribution in [-0.2, 0) is 14.2 Å². The summed E-state index contributed by atoms with van der Waals surface area (Å²) in [4.78, 5) is 19.5. The number of nitrogens with zero attached hydrogens (tertiary/aromatic N) is 2. The minimum absolute atomic E-state index is 0.0365. The Bertz CT molecular complexity index is 782. The van der Waals surface area contributed by atoms with E-state index in [1.807, 2.05) is 19.9 Å². The lowest BCUT2D eigenvalue weighted by Gasteiger charge is -2.41. The summed E-state index contributed by atoms with van der Waals surface area (Å²) in [6.45, 7) is 7.06. The molecule has 9 nitrogen and oxygen atoms in total. The van der Waals surface area contributed by atoms with Gasteiger partial charge in [-0.05, 0) is 37.8 Å². The number of alkyl halides is 1. The molecule has 0 aromatic carbocycles. The van der Waals surface area contributed by atoms with Gasteiger partial charge in [0.05, 0.1) is 38.0 Å². The molecule has 2 aliphatic rings. The Labute approximate surface area is 200 Å². The predicted molar refractivity (Wildman–Crippen MR) is 125 cm³/mol. The maximum atomic E-state index is 12.9. The van der Waals surface area contributed by atoms with Crippen LogP contribution >= 0.6 is 0 Å². The molecule has 0 spiro atoms. The van der Waals surface area contributed by atoms with Crippen molar-refractivity contribution < 1.29 is 33.2 Å². The number of hydrogen-bond acceptors (Lipinski definition) is 8. The van der Waals surface area contributed by atoms with E-state index in [9.17, 15) is 14.3 Å². The first-order chi connectivity index (χ1) is 16.4. The minimum Gasteiger partial charge on any atom is -0.475 e. The zero-order chi connectivity index (χ0) is 24.6. The predicted octanol–water partition coefficient (Wildman–Crippen LogP) is 1.83. The van der Waals surface area contributed by atoms with Crippen LogP contribution in [0.4, 0.5) is 10.1 Å². The van der Waals surface area contributed by atoms with Gasteiger partial charge in [-0.1, -0.05) is 6.92 Å². The highest BCUT2D eigenvalue weighted by atomic mass is 19.1. The van der Waals surface area contributed by atoms with Crippen LogP contribution in [0.2, 0.25) is 0 Å². The fourth-order valence-electron chi connectivity index (χ4n) is 3.99. The van der Waals surface area contributed by atoms with Crippen molar-refractivity contribution in [2.45, 2.75) is 38.8 Å². The molecule has 0 saturated carbocycles. The van der Waals surface area contributed by atoms with E-state index in [2.05, 4.69) is 15.2 Å². The van der Waals surface area contributed by atoms with Crippen molar-refractivity contribution in [2.24, 2.45) is 11.3 Å². The molecule has 10 heteroatoms. The maximum absolute atomic E-state index is 12.9. The fourth-order valence-corrected chi connectivity index (χ4v) is 3.99. The van der Waals surface area contributed by atoms with E-state index in [4.69, 9.17) is 18.9 Å². The fraction of sp³-hybridized carbons (Fsp3) is 0.750. The van der Waals surface area contributed by atoms with Crippen molar-refractivity contribution in [3.63, 3.8) is 0 Å². The second-order valence-electron chi connectivity index (χ2n) is 9.56. The van der Waals surface area contributed by atoms with Crippen LogP contribution in [-0.4, -0.2) is 94.7 Å². The first-order valence-electron chi connectivity index (χ1n) is 11.9. The van der Waals surface area contributed by atoms with Crippen molar-refractivity contribution in [3.8, 4) is 5.88 Å². The number of hydrogen-bond donors (Lipinski definition) is 2. The van der Waals surface area contributed by atoms with Gasteiger partial charge in [0.15, 0.2) is 0 Å². The molecule has 1 aromatic heterocycles. The van der Waals surface area contributed by atoms with Crippen molar-refractivity contribution >= 4 is 11.6 Å². The second kappa shape index (κ2) is 12.6. The van der Waals surface area contributed by atoms with Crippen LogP contribution < -0.4 is 15.0 Å². The van der Waals surface area contributed by atoms with Gasteiger partial charge in [0.25, 0.3) is 5.91 Å². The van der Waals surface area contributed by atoms with Gasteiger partial charge in [-0.2, -0.15) is 0 Å². The largest absolute Gasteiger partial charge is 0.475 e. The van der Waals surface area contributed by atoms with Gasteiger partial charge in [-0.3, -0.25) is 9.18 Å². The number of anilines is 1. The van der Waals surface area contributed by atoms with E-state index in [0.717, 1.165) is 25.2 Å². The molecule has 1 unspecified atom stereocenters. The van der Waals surface area contributed by atoms with Crippen molar-refractivity contribution in [1.29, 1.82) is 0 Å². The lowest BCUT2D eigenvalue weighted by Crippen LogP contribution is -2.52. The topological polar surface area (TPSA) is 102 Å². The second-order valence-corrected chi connectivity index (χ2v) is 9.56. The summed E-state index contributed by atoms with van der Waals surface area (Å²) in [5.41, 5.74) is 0.632.